The highest BCUT2D eigenvalue weighted by molar-refractivity contribution is 5.95. The van der Waals surface area contributed by atoms with Gasteiger partial charge in [-0.15, -0.1) is 5.10 Å². The summed E-state index contributed by atoms with van der Waals surface area (Å²) < 4.78 is 14.8. The minimum atomic E-state index is -0.259. The number of nitrogens with zero attached hydrogens (tertiary/aromatic N) is 4. The summed E-state index contributed by atoms with van der Waals surface area (Å²) in [4.78, 5) is 14.3. The van der Waals surface area contributed by atoms with Crippen LogP contribution in [0.4, 0.5) is 4.39 Å². The summed E-state index contributed by atoms with van der Waals surface area (Å²) in [6, 6.07) is 13.9. The Hall–Kier alpha value is -3.02. The average molecular weight is 322 g/mol. The van der Waals surface area contributed by atoms with Gasteiger partial charge in [0.2, 0.25) is 0 Å². The molecule has 0 bridgehead atoms. The standard InChI is InChI=1S/C18H15FN4O/c19-16-7-5-14(6-8-16)13-1-3-15(4-2-13)18(24)22-11-17(12-22)23-10-9-20-21-23/h1-10,17H,11-12H2. The van der Waals surface area contributed by atoms with Crippen LogP contribution in [0.1, 0.15) is 16.4 Å². The largest absolute Gasteiger partial charge is 0.334 e. The van der Waals surface area contributed by atoms with E-state index in [-0.39, 0.29) is 17.8 Å². The van der Waals surface area contributed by atoms with E-state index < -0.39 is 0 Å². The van der Waals surface area contributed by atoms with E-state index in [4.69, 9.17) is 0 Å². The molecule has 0 saturated carbocycles. The Morgan fingerprint density at radius 3 is 2.21 bits per heavy atom. The second-order valence-corrected chi connectivity index (χ2v) is 5.83. The fourth-order valence-corrected chi connectivity index (χ4v) is 2.83. The molecule has 0 spiro atoms. The van der Waals surface area contributed by atoms with Crippen LogP contribution < -0.4 is 0 Å². The van der Waals surface area contributed by atoms with Gasteiger partial charge < -0.3 is 4.90 Å². The van der Waals surface area contributed by atoms with Crippen molar-refractivity contribution < 1.29 is 9.18 Å². The molecule has 1 saturated heterocycles. The molecule has 5 nitrogen and oxygen atoms in total. The van der Waals surface area contributed by atoms with Gasteiger partial charge in [-0.05, 0) is 35.4 Å². The fourth-order valence-electron chi connectivity index (χ4n) is 2.83. The van der Waals surface area contributed by atoms with Crippen LogP contribution >= 0.6 is 0 Å². The maximum Gasteiger partial charge on any atom is 0.253 e. The molecule has 1 aliphatic heterocycles. The van der Waals surface area contributed by atoms with Crippen LogP contribution in [-0.2, 0) is 0 Å². The fraction of sp³-hybridized carbons (Fsp3) is 0.167. The Bertz CT molecular complexity index is 838. The van der Waals surface area contributed by atoms with Gasteiger partial charge >= 0.3 is 0 Å². The third-order valence-electron chi connectivity index (χ3n) is 4.27. The normalized spacial score (nSPS) is 14.5. The molecule has 0 atom stereocenters. The van der Waals surface area contributed by atoms with Crippen LogP contribution in [0.5, 0.6) is 0 Å². The smallest absolute Gasteiger partial charge is 0.253 e. The summed E-state index contributed by atoms with van der Waals surface area (Å²) in [5.74, 6) is -0.248. The number of amides is 1. The Morgan fingerprint density at radius 2 is 1.62 bits per heavy atom. The molecule has 1 fully saturated rings. The minimum absolute atomic E-state index is 0.0111. The lowest BCUT2D eigenvalue weighted by atomic mass is 10.0. The van der Waals surface area contributed by atoms with E-state index in [0.717, 1.165) is 11.1 Å². The summed E-state index contributed by atoms with van der Waals surface area (Å²) in [6.45, 7) is 1.28. The van der Waals surface area contributed by atoms with E-state index in [0.29, 0.717) is 18.7 Å². The summed E-state index contributed by atoms with van der Waals surface area (Å²) in [5, 5.41) is 7.74. The lowest BCUT2D eigenvalue weighted by Crippen LogP contribution is -2.50. The number of hydrogen-bond donors (Lipinski definition) is 0. The first-order valence-corrected chi connectivity index (χ1v) is 7.72. The number of rotatable bonds is 3. The lowest BCUT2D eigenvalue weighted by Gasteiger charge is -2.38. The molecule has 1 aliphatic rings. The van der Waals surface area contributed by atoms with Crippen LogP contribution in [-0.4, -0.2) is 38.9 Å². The van der Waals surface area contributed by atoms with Gasteiger partial charge in [-0.2, -0.15) is 0 Å². The molecular formula is C18H15FN4O. The minimum Gasteiger partial charge on any atom is -0.334 e. The van der Waals surface area contributed by atoms with E-state index in [1.54, 1.807) is 27.9 Å². The van der Waals surface area contributed by atoms with Gasteiger partial charge in [0.1, 0.15) is 5.82 Å². The summed E-state index contributed by atoms with van der Waals surface area (Å²) >= 11 is 0. The number of aromatic nitrogens is 3. The highest BCUT2D eigenvalue weighted by atomic mass is 19.1. The molecule has 2 heterocycles. The zero-order chi connectivity index (χ0) is 16.5. The second-order valence-electron chi connectivity index (χ2n) is 5.83. The molecule has 4 rings (SSSR count). The summed E-state index contributed by atoms with van der Waals surface area (Å²) in [5.41, 5.74) is 2.53. The first-order valence-electron chi connectivity index (χ1n) is 7.72. The Morgan fingerprint density at radius 1 is 1.00 bits per heavy atom. The molecule has 0 radical (unpaired) electrons. The molecule has 24 heavy (non-hydrogen) atoms. The van der Waals surface area contributed by atoms with Gasteiger partial charge in [0.15, 0.2) is 0 Å². The molecule has 2 aromatic carbocycles. The van der Waals surface area contributed by atoms with Crippen molar-refractivity contribution in [3.63, 3.8) is 0 Å². The van der Waals surface area contributed by atoms with E-state index in [2.05, 4.69) is 10.3 Å². The predicted octanol–water partition coefficient (Wildman–Crippen LogP) is 2.78. The van der Waals surface area contributed by atoms with Crippen molar-refractivity contribution in [2.75, 3.05) is 13.1 Å². The Balaban J connectivity index is 1.43. The van der Waals surface area contributed by atoms with E-state index in [1.165, 1.54) is 12.1 Å². The Kier molecular flexibility index (Phi) is 3.57. The zero-order valence-electron chi connectivity index (χ0n) is 12.8. The van der Waals surface area contributed by atoms with E-state index in [1.807, 2.05) is 30.5 Å². The first-order chi connectivity index (χ1) is 11.7. The van der Waals surface area contributed by atoms with Gasteiger partial charge in [-0.3, -0.25) is 4.79 Å². The third-order valence-corrected chi connectivity index (χ3v) is 4.27. The Labute approximate surface area is 138 Å². The quantitative estimate of drug-likeness (QED) is 0.745. The SMILES string of the molecule is O=C(c1ccc(-c2ccc(F)cc2)cc1)N1CC(n2ccnn2)C1. The van der Waals surface area contributed by atoms with Gasteiger partial charge in [-0.1, -0.05) is 29.5 Å². The molecule has 6 heteroatoms. The third kappa shape index (κ3) is 2.67. The highest BCUT2D eigenvalue weighted by Crippen LogP contribution is 2.24. The van der Waals surface area contributed by atoms with Gasteiger partial charge in [-0.25, -0.2) is 9.07 Å². The molecule has 0 N–H and O–H groups in total. The van der Waals surface area contributed by atoms with Gasteiger partial charge in [0, 0.05) is 24.8 Å². The van der Waals surface area contributed by atoms with Gasteiger partial charge in [0.05, 0.1) is 12.2 Å². The number of benzene rings is 2. The first kappa shape index (κ1) is 14.6. The molecular weight excluding hydrogens is 307 g/mol. The van der Waals surface area contributed by atoms with Crippen molar-refractivity contribution in [3.8, 4) is 11.1 Å². The second kappa shape index (κ2) is 5.88. The van der Waals surface area contributed by atoms with E-state index in [9.17, 15) is 9.18 Å². The van der Waals surface area contributed by atoms with Crippen molar-refractivity contribution in [3.05, 3.63) is 72.3 Å². The van der Waals surface area contributed by atoms with Crippen LogP contribution in [0.3, 0.4) is 0 Å². The topological polar surface area (TPSA) is 51.0 Å². The lowest BCUT2D eigenvalue weighted by molar-refractivity contribution is 0.0498. The van der Waals surface area contributed by atoms with Crippen LogP contribution in [0.15, 0.2) is 60.9 Å². The zero-order valence-corrected chi connectivity index (χ0v) is 12.8. The number of carbonyl (C=O) groups is 1. The number of halogens is 1. The van der Waals surface area contributed by atoms with Gasteiger partial charge in [0.25, 0.3) is 5.91 Å². The maximum absolute atomic E-state index is 13.0. The molecule has 1 aromatic heterocycles. The van der Waals surface area contributed by atoms with Crippen molar-refractivity contribution in [2.45, 2.75) is 6.04 Å². The molecule has 0 unspecified atom stereocenters. The predicted molar refractivity (Wildman–Crippen MR) is 86.8 cm³/mol. The average Bonchev–Trinajstić information content (AvgIpc) is 3.08. The van der Waals surface area contributed by atoms with Crippen molar-refractivity contribution in [2.24, 2.45) is 0 Å². The van der Waals surface area contributed by atoms with Crippen molar-refractivity contribution >= 4 is 5.91 Å². The monoisotopic (exact) mass is 322 g/mol. The summed E-state index contributed by atoms with van der Waals surface area (Å²) in [6.07, 6.45) is 3.45. The maximum atomic E-state index is 13.0. The molecule has 1 amide bonds. The van der Waals surface area contributed by atoms with Crippen molar-refractivity contribution in [1.29, 1.82) is 0 Å². The number of hydrogen-bond acceptors (Lipinski definition) is 3. The molecule has 120 valence electrons. The van der Waals surface area contributed by atoms with Crippen LogP contribution in [0, 0.1) is 5.82 Å². The summed E-state index contributed by atoms with van der Waals surface area (Å²) in [7, 11) is 0. The van der Waals surface area contributed by atoms with Crippen molar-refractivity contribution in [1.82, 2.24) is 19.9 Å². The molecule has 0 aliphatic carbocycles. The number of likely N-dealkylation sites (tertiary alicyclic amines) is 1. The number of carbonyl (C=O) groups excluding carboxylic acids is 1. The molecule has 3 aromatic rings. The highest BCUT2D eigenvalue weighted by Gasteiger charge is 2.32. The van der Waals surface area contributed by atoms with E-state index >= 15 is 0 Å². The van der Waals surface area contributed by atoms with Crippen LogP contribution in [0.2, 0.25) is 0 Å². The van der Waals surface area contributed by atoms with Crippen LogP contribution in [0.25, 0.3) is 11.1 Å².